The number of amides is 1. The smallest absolute Gasteiger partial charge is 0.413 e. The maximum Gasteiger partial charge on any atom is 0.413 e. The van der Waals surface area contributed by atoms with Gasteiger partial charge in [0.1, 0.15) is 11.8 Å². The SMILES string of the molecule is CC(NC(=O)Oc1ccc(CCCO[N+](=O)[O-])cc1)C(=O)O. The van der Waals surface area contributed by atoms with Crippen LogP contribution in [0.4, 0.5) is 4.79 Å². The molecule has 0 aromatic heterocycles. The molecule has 1 atom stereocenters. The van der Waals surface area contributed by atoms with Crippen molar-refractivity contribution in [3.8, 4) is 5.75 Å². The Balaban J connectivity index is 2.39. The average Bonchev–Trinajstić information content (AvgIpc) is 2.44. The maximum absolute atomic E-state index is 11.4. The van der Waals surface area contributed by atoms with Crippen molar-refractivity contribution in [1.29, 1.82) is 0 Å². The first-order valence-electron chi connectivity index (χ1n) is 6.46. The normalized spacial score (nSPS) is 11.3. The van der Waals surface area contributed by atoms with Crippen LogP contribution in [0.1, 0.15) is 18.9 Å². The summed E-state index contributed by atoms with van der Waals surface area (Å²) in [5.41, 5.74) is 0.901. The highest BCUT2D eigenvalue weighted by molar-refractivity contribution is 5.80. The highest BCUT2D eigenvalue weighted by Gasteiger charge is 2.15. The summed E-state index contributed by atoms with van der Waals surface area (Å²) in [5, 5.41) is 19.9. The molecule has 0 saturated heterocycles. The van der Waals surface area contributed by atoms with Crippen molar-refractivity contribution in [2.75, 3.05) is 6.61 Å². The first kappa shape index (κ1) is 17.2. The summed E-state index contributed by atoms with van der Waals surface area (Å²) in [6, 6.07) is 5.46. The molecule has 1 aromatic rings. The predicted octanol–water partition coefficient (Wildman–Crippen LogP) is 1.39. The van der Waals surface area contributed by atoms with Gasteiger partial charge in [0, 0.05) is 0 Å². The van der Waals surface area contributed by atoms with Crippen LogP contribution in [-0.4, -0.2) is 34.9 Å². The van der Waals surface area contributed by atoms with E-state index in [4.69, 9.17) is 9.84 Å². The third-order valence-electron chi connectivity index (χ3n) is 2.65. The zero-order valence-electron chi connectivity index (χ0n) is 11.9. The van der Waals surface area contributed by atoms with E-state index in [0.717, 1.165) is 5.56 Å². The number of hydrogen-bond donors (Lipinski definition) is 2. The number of rotatable bonds is 8. The minimum absolute atomic E-state index is 0.0146. The predicted molar refractivity (Wildman–Crippen MR) is 74.0 cm³/mol. The Labute approximate surface area is 125 Å². The Morgan fingerprint density at radius 3 is 2.55 bits per heavy atom. The third kappa shape index (κ3) is 6.55. The number of aliphatic carboxylic acids is 1. The van der Waals surface area contributed by atoms with Crippen molar-refractivity contribution >= 4 is 12.1 Å². The molecule has 0 radical (unpaired) electrons. The Morgan fingerprint density at radius 2 is 2.00 bits per heavy atom. The Bertz CT molecular complexity index is 530. The van der Waals surface area contributed by atoms with Gasteiger partial charge in [-0.05, 0) is 37.5 Å². The van der Waals surface area contributed by atoms with Crippen LogP contribution in [0.25, 0.3) is 0 Å². The second-order valence-corrected chi connectivity index (χ2v) is 4.40. The molecule has 120 valence electrons. The van der Waals surface area contributed by atoms with Gasteiger partial charge in [-0.3, -0.25) is 4.79 Å². The summed E-state index contributed by atoms with van der Waals surface area (Å²) >= 11 is 0. The molecule has 1 unspecified atom stereocenters. The molecule has 0 heterocycles. The van der Waals surface area contributed by atoms with E-state index in [9.17, 15) is 19.7 Å². The molecule has 0 fully saturated rings. The summed E-state index contributed by atoms with van der Waals surface area (Å²) in [5.74, 6) is -0.898. The second kappa shape index (κ2) is 8.45. The van der Waals surface area contributed by atoms with Crippen LogP contribution in [0.5, 0.6) is 5.75 Å². The van der Waals surface area contributed by atoms with Crippen molar-refractivity contribution in [2.45, 2.75) is 25.8 Å². The zero-order chi connectivity index (χ0) is 16.5. The molecular weight excluding hydrogens is 296 g/mol. The molecule has 1 rings (SSSR count). The standard InChI is InChI=1S/C13H16N2O7/c1-9(12(16)17)14-13(18)22-11-6-4-10(5-7-11)3-2-8-21-15(19)20/h4-7,9H,2-3,8H2,1H3,(H,14,18)(H,16,17). The largest absolute Gasteiger partial charge is 0.480 e. The van der Waals surface area contributed by atoms with E-state index in [1.165, 1.54) is 6.92 Å². The van der Waals surface area contributed by atoms with E-state index in [-0.39, 0.29) is 12.4 Å². The van der Waals surface area contributed by atoms with Gasteiger partial charge in [0.15, 0.2) is 0 Å². The molecule has 9 heteroatoms. The number of benzene rings is 1. The van der Waals surface area contributed by atoms with Gasteiger partial charge in [-0.1, -0.05) is 12.1 Å². The lowest BCUT2D eigenvalue weighted by Gasteiger charge is -2.10. The fourth-order valence-electron chi connectivity index (χ4n) is 1.51. The Kier molecular flexibility index (Phi) is 6.61. The molecular formula is C13H16N2O7. The first-order valence-corrected chi connectivity index (χ1v) is 6.46. The number of aryl methyl sites for hydroxylation is 1. The summed E-state index contributed by atoms with van der Waals surface area (Å²) < 4.78 is 4.92. The monoisotopic (exact) mass is 312 g/mol. The van der Waals surface area contributed by atoms with E-state index >= 15 is 0 Å². The lowest BCUT2D eigenvalue weighted by molar-refractivity contribution is -0.757. The molecule has 0 aliphatic rings. The van der Waals surface area contributed by atoms with Gasteiger partial charge < -0.3 is 20.0 Å². The molecule has 0 spiro atoms. The van der Waals surface area contributed by atoms with Crippen molar-refractivity contribution in [3.63, 3.8) is 0 Å². The number of ether oxygens (including phenoxy) is 1. The van der Waals surface area contributed by atoms with E-state index in [1.54, 1.807) is 24.3 Å². The number of carbonyl (C=O) groups excluding carboxylic acids is 1. The van der Waals surface area contributed by atoms with Crippen LogP contribution < -0.4 is 10.1 Å². The molecule has 0 saturated carbocycles. The number of nitrogens with zero attached hydrogens (tertiary/aromatic N) is 1. The minimum atomic E-state index is -1.16. The summed E-state index contributed by atoms with van der Waals surface area (Å²) in [6.07, 6.45) is 0.204. The Hall–Kier alpha value is -2.84. The molecule has 22 heavy (non-hydrogen) atoms. The summed E-state index contributed by atoms with van der Waals surface area (Å²) in [6.45, 7) is 1.33. The molecule has 0 aliphatic heterocycles. The fourth-order valence-corrected chi connectivity index (χ4v) is 1.51. The van der Waals surface area contributed by atoms with Gasteiger partial charge in [0.2, 0.25) is 0 Å². The molecule has 9 nitrogen and oxygen atoms in total. The fraction of sp³-hybridized carbons (Fsp3) is 0.385. The highest BCUT2D eigenvalue weighted by Crippen LogP contribution is 2.13. The summed E-state index contributed by atoms with van der Waals surface area (Å²) in [7, 11) is 0. The molecule has 1 amide bonds. The van der Waals surface area contributed by atoms with Crippen molar-refractivity contribution in [1.82, 2.24) is 5.32 Å². The van der Waals surface area contributed by atoms with Gasteiger partial charge in [0.05, 0.1) is 6.61 Å². The van der Waals surface area contributed by atoms with Crippen molar-refractivity contribution in [3.05, 3.63) is 39.9 Å². The van der Waals surface area contributed by atoms with Crippen LogP contribution in [0.15, 0.2) is 24.3 Å². The van der Waals surface area contributed by atoms with E-state index in [2.05, 4.69) is 10.2 Å². The van der Waals surface area contributed by atoms with Crippen molar-refractivity contribution in [2.24, 2.45) is 0 Å². The van der Waals surface area contributed by atoms with E-state index in [1.807, 2.05) is 0 Å². The maximum atomic E-state index is 11.4. The number of carboxylic acid groups (broad SMARTS) is 1. The highest BCUT2D eigenvalue weighted by atomic mass is 16.9. The lowest BCUT2D eigenvalue weighted by Crippen LogP contribution is -2.39. The molecule has 0 aliphatic carbocycles. The van der Waals surface area contributed by atoms with E-state index < -0.39 is 23.2 Å². The topological polar surface area (TPSA) is 128 Å². The van der Waals surface area contributed by atoms with Gasteiger partial charge in [0.25, 0.3) is 5.09 Å². The third-order valence-corrected chi connectivity index (χ3v) is 2.65. The lowest BCUT2D eigenvalue weighted by atomic mass is 10.1. The second-order valence-electron chi connectivity index (χ2n) is 4.40. The molecule has 0 bridgehead atoms. The Morgan fingerprint density at radius 1 is 1.36 bits per heavy atom. The van der Waals surface area contributed by atoms with Crippen LogP contribution in [0, 0.1) is 10.1 Å². The minimum Gasteiger partial charge on any atom is -0.480 e. The van der Waals surface area contributed by atoms with Gasteiger partial charge >= 0.3 is 12.1 Å². The van der Waals surface area contributed by atoms with Crippen LogP contribution in [0.3, 0.4) is 0 Å². The quantitative estimate of drug-likeness (QED) is 0.421. The van der Waals surface area contributed by atoms with Gasteiger partial charge in [-0.2, -0.15) is 0 Å². The van der Waals surface area contributed by atoms with E-state index in [0.29, 0.717) is 12.8 Å². The number of carboxylic acids is 1. The number of nitrogens with one attached hydrogen (secondary N) is 1. The van der Waals surface area contributed by atoms with Gasteiger partial charge in [-0.15, -0.1) is 10.1 Å². The van der Waals surface area contributed by atoms with Crippen LogP contribution in [-0.2, 0) is 16.1 Å². The van der Waals surface area contributed by atoms with Crippen molar-refractivity contribution < 1.29 is 29.4 Å². The van der Waals surface area contributed by atoms with Crippen LogP contribution in [0.2, 0.25) is 0 Å². The molecule has 2 N–H and O–H groups in total. The number of carbonyl (C=O) groups is 2. The summed E-state index contributed by atoms with van der Waals surface area (Å²) in [4.78, 5) is 36.1. The van der Waals surface area contributed by atoms with Gasteiger partial charge in [-0.25, -0.2) is 4.79 Å². The first-order chi connectivity index (χ1) is 10.4. The van der Waals surface area contributed by atoms with Crippen LogP contribution >= 0.6 is 0 Å². The number of hydrogen-bond acceptors (Lipinski definition) is 6. The average molecular weight is 312 g/mol. The zero-order valence-corrected chi connectivity index (χ0v) is 11.9. The molecule has 1 aromatic carbocycles.